The number of carbonyl (C=O) groups excluding carboxylic acids is 2. The molecule has 1 unspecified atom stereocenters. The lowest BCUT2D eigenvalue weighted by Gasteiger charge is -2.20. The van der Waals surface area contributed by atoms with Crippen LogP contribution in [0.4, 0.5) is 18.9 Å². The van der Waals surface area contributed by atoms with Crippen LogP contribution in [0.1, 0.15) is 32.0 Å². The fourth-order valence-corrected chi connectivity index (χ4v) is 3.46. The lowest BCUT2D eigenvalue weighted by atomic mass is 9.98. The average Bonchev–Trinajstić information content (AvgIpc) is 2.59. The van der Waals surface area contributed by atoms with Crippen molar-refractivity contribution in [3.8, 4) is 0 Å². The quantitative estimate of drug-likeness (QED) is 0.860. The molecule has 0 saturated heterocycles. The molecule has 3 rings (SSSR count). The average molecular weight is 395 g/mol. The molecule has 1 atom stereocenters. The first-order chi connectivity index (χ1) is 12.6. The summed E-state index contributed by atoms with van der Waals surface area (Å²) < 4.78 is 51.4. The SMILES string of the molecule is Cc1ccc(NC2=C(S(C)=O)C(=O)c3ncncc3C2=O)cc1C(F)(F)F. The Morgan fingerprint density at radius 2 is 1.85 bits per heavy atom. The van der Waals surface area contributed by atoms with E-state index in [0.29, 0.717) is 0 Å². The van der Waals surface area contributed by atoms with Crippen LogP contribution in [-0.4, -0.2) is 32.0 Å². The van der Waals surface area contributed by atoms with Crippen molar-refractivity contribution in [3.63, 3.8) is 0 Å². The van der Waals surface area contributed by atoms with Gasteiger partial charge in [0.2, 0.25) is 11.6 Å². The van der Waals surface area contributed by atoms with Crippen molar-refractivity contribution in [2.24, 2.45) is 0 Å². The highest BCUT2D eigenvalue weighted by molar-refractivity contribution is 7.89. The minimum absolute atomic E-state index is 0.00566. The van der Waals surface area contributed by atoms with Crippen LogP contribution in [0.15, 0.2) is 41.3 Å². The highest BCUT2D eigenvalue weighted by Gasteiger charge is 2.36. The van der Waals surface area contributed by atoms with Crippen LogP contribution in [0, 0.1) is 6.92 Å². The first kappa shape index (κ1) is 18.9. The third kappa shape index (κ3) is 3.39. The number of aryl methyl sites for hydroxylation is 1. The van der Waals surface area contributed by atoms with Crippen molar-refractivity contribution in [1.82, 2.24) is 9.97 Å². The number of rotatable bonds is 3. The minimum atomic E-state index is -4.58. The third-order valence-electron chi connectivity index (χ3n) is 3.93. The van der Waals surface area contributed by atoms with E-state index in [0.717, 1.165) is 18.6 Å². The molecule has 0 spiro atoms. The van der Waals surface area contributed by atoms with E-state index in [1.54, 1.807) is 0 Å². The molecule has 0 bridgehead atoms. The van der Waals surface area contributed by atoms with E-state index in [9.17, 15) is 27.0 Å². The van der Waals surface area contributed by atoms with Gasteiger partial charge in [0.05, 0.1) is 21.9 Å². The van der Waals surface area contributed by atoms with Gasteiger partial charge in [0.15, 0.2) is 0 Å². The number of benzene rings is 1. The summed E-state index contributed by atoms with van der Waals surface area (Å²) in [7, 11) is -1.88. The minimum Gasteiger partial charge on any atom is -0.351 e. The molecule has 1 N–H and O–H groups in total. The number of halogens is 3. The van der Waals surface area contributed by atoms with E-state index in [4.69, 9.17) is 0 Å². The smallest absolute Gasteiger partial charge is 0.351 e. The molecule has 1 aromatic carbocycles. The van der Waals surface area contributed by atoms with Gasteiger partial charge in [-0.25, -0.2) is 9.97 Å². The van der Waals surface area contributed by atoms with Crippen molar-refractivity contribution >= 4 is 28.1 Å². The summed E-state index contributed by atoms with van der Waals surface area (Å²) in [4.78, 5) is 32.4. The van der Waals surface area contributed by atoms with Crippen LogP contribution < -0.4 is 5.32 Å². The Hall–Kier alpha value is -2.88. The zero-order chi connectivity index (χ0) is 19.9. The van der Waals surface area contributed by atoms with Crippen LogP contribution in [0.2, 0.25) is 0 Å². The molecule has 2 aromatic rings. The van der Waals surface area contributed by atoms with Gasteiger partial charge in [0.1, 0.15) is 22.6 Å². The maximum absolute atomic E-state index is 13.1. The maximum atomic E-state index is 13.1. The van der Waals surface area contributed by atoms with Gasteiger partial charge >= 0.3 is 6.18 Å². The van der Waals surface area contributed by atoms with Gasteiger partial charge in [-0.05, 0) is 24.6 Å². The second-order valence-electron chi connectivity index (χ2n) is 5.75. The van der Waals surface area contributed by atoms with E-state index >= 15 is 0 Å². The molecule has 6 nitrogen and oxygen atoms in total. The predicted molar refractivity (Wildman–Crippen MR) is 91.6 cm³/mol. The Morgan fingerprint density at radius 3 is 2.48 bits per heavy atom. The fraction of sp³-hybridized carbons (Fsp3) is 0.176. The van der Waals surface area contributed by atoms with Gasteiger partial charge in [0.25, 0.3) is 0 Å². The number of hydrogen-bond acceptors (Lipinski definition) is 6. The second kappa shape index (κ2) is 6.69. The summed E-state index contributed by atoms with van der Waals surface area (Å²) >= 11 is 0. The molecule has 10 heteroatoms. The zero-order valence-electron chi connectivity index (χ0n) is 14.0. The van der Waals surface area contributed by atoms with Crippen molar-refractivity contribution in [3.05, 3.63) is 63.7 Å². The first-order valence-electron chi connectivity index (χ1n) is 7.53. The standard InChI is InChI=1S/C17H12F3N3O3S/c1-8-3-4-9(5-11(8)17(18,19)20)23-13-14(24)10-6-21-7-22-12(10)15(25)16(13)27(2)26/h3-7,23H,1-2H3. The van der Waals surface area contributed by atoms with Gasteiger partial charge in [0, 0.05) is 18.1 Å². The Bertz CT molecular complexity index is 1030. The van der Waals surface area contributed by atoms with Crippen molar-refractivity contribution in [2.75, 3.05) is 11.6 Å². The second-order valence-corrected chi connectivity index (χ2v) is 7.07. The summed E-state index contributed by atoms with van der Waals surface area (Å²) in [6.45, 7) is 1.31. The molecule has 140 valence electrons. The van der Waals surface area contributed by atoms with Gasteiger partial charge < -0.3 is 5.32 Å². The van der Waals surface area contributed by atoms with Crippen molar-refractivity contribution in [1.29, 1.82) is 0 Å². The number of aromatic nitrogens is 2. The Labute approximate surface area is 154 Å². The van der Waals surface area contributed by atoms with Gasteiger partial charge in [-0.15, -0.1) is 0 Å². The highest BCUT2D eigenvalue weighted by Crippen LogP contribution is 2.34. The number of carbonyl (C=O) groups is 2. The van der Waals surface area contributed by atoms with E-state index in [1.165, 1.54) is 25.3 Å². The number of nitrogens with one attached hydrogen (secondary N) is 1. The van der Waals surface area contributed by atoms with E-state index < -0.39 is 34.1 Å². The third-order valence-corrected chi connectivity index (χ3v) is 4.90. The number of hydrogen-bond donors (Lipinski definition) is 1. The van der Waals surface area contributed by atoms with Crippen LogP contribution in [0.25, 0.3) is 0 Å². The molecule has 1 aliphatic carbocycles. The van der Waals surface area contributed by atoms with Gasteiger partial charge in [-0.1, -0.05) is 6.07 Å². The number of allylic oxidation sites excluding steroid dienone is 2. The van der Waals surface area contributed by atoms with Crippen molar-refractivity contribution < 1.29 is 27.0 Å². The van der Waals surface area contributed by atoms with E-state index in [1.807, 2.05) is 0 Å². The lowest BCUT2D eigenvalue weighted by Crippen LogP contribution is -2.29. The predicted octanol–water partition coefficient (Wildman–Crippen LogP) is 2.89. The summed E-state index contributed by atoms with van der Waals surface area (Å²) in [6.07, 6.45) is -1.17. The number of anilines is 1. The Morgan fingerprint density at radius 1 is 1.15 bits per heavy atom. The summed E-state index contributed by atoms with van der Waals surface area (Å²) in [5, 5.41) is 2.53. The van der Waals surface area contributed by atoms with Gasteiger partial charge in [-0.3, -0.25) is 13.8 Å². The summed E-state index contributed by atoms with van der Waals surface area (Å²) in [5.41, 5.74) is -1.59. The van der Waals surface area contributed by atoms with Crippen LogP contribution in [-0.2, 0) is 17.0 Å². The molecule has 0 fully saturated rings. The number of Topliss-reactive ketones (excluding diaryl/α,β-unsaturated/α-hetero) is 2. The van der Waals surface area contributed by atoms with Crippen LogP contribution in [0.5, 0.6) is 0 Å². The van der Waals surface area contributed by atoms with E-state index in [2.05, 4.69) is 15.3 Å². The van der Waals surface area contributed by atoms with Crippen LogP contribution in [0.3, 0.4) is 0 Å². The molecule has 1 aromatic heterocycles. The lowest BCUT2D eigenvalue weighted by molar-refractivity contribution is -0.138. The Balaban J connectivity index is 2.12. The normalized spacial score (nSPS) is 15.6. The molecule has 0 radical (unpaired) electrons. The largest absolute Gasteiger partial charge is 0.416 e. The molecule has 1 heterocycles. The zero-order valence-corrected chi connectivity index (χ0v) is 14.9. The maximum Gasteiger partial charge on any atom is 0.416 e. The molecular formula is C17H12F3N3O3S. The molecule has 27 heavy (non-hydrogen) atoms. The van der Waals surface area contributed by atoms with Gasteiger partial charge in [-0.2, -0.15) is 13.2 Å². The molecule has 1 aliphatic rings. The number of fused-ring (bicyclic) bond motifs is 1. The highest BCUT2D eigenvalue weighted by atomic mass is 32.2. The topological polar surface area (TPSA) is 89.0 Å². The fourth-order valence-electron chi connectivity index (χ4n) is 2.67. The Kier molecular flexibility index (Phi) is 4.68. The summed E-state index contributed by atoms with van der Waals surface area (Å²) in [6, 6.07) is 3.40. The summed E-state index contributed by atoms with van der Waals surface area (Å²) in [5.74, 6) is -1.46. The number of nitrogens with zero attached hydrogens (tertiary/aromatic N) is 2. The first-order valence-corrected chi connectivity index (χ1v) is 9.09. The van der Waals surface area contributed by atoms with Crippen LogP contribution >= 0.6 is 0 Å². The molecule has 0 aliphatic heterocycles. The molecular weight excluding hydrogens is 383 g/mol. The molecule has 0 saturated carbocycles. The number of ketones is 2. The molecule has 0 amide bonds. The van der Waals surface area contributed by atoms with E-state index in [-0.39, 0.29) is 33.1 Å². The monoisotopic (exact) mass is 395 g/mol. The van der Waals surface area contributed by atoms with Crippen molar-refractivity contribution in [2.45, 2.75) is 13.1 Å². The number of alkyl halides is 3.